The number of carbonyl (C=O) groups is 2. The Balaban J connectivity index is 1.77. The number of hydrogen-bond donors (Lipinski definition) is 1. The third kappa shape index (κ3) is 4.31. The molecule has 1 aliphatic rings. The van der Waals surface area contributed by atoms with Gasteiger partial charge in [-0.25, -0.2) is 9.18 Å². The van der Waals surface area contributed by atoms with Gasteiger partial charge in [-0.05, 0) is 12.5 Å². The van der Waals surface area contributed by atoms with Crippen molar-refractivity contribution in [3.63, 3.8) is 0 Å². The van der Waals surface area contributed by atoms with Crippen LogP contribution in [0.1, 0.15) is 18.4 Å². The number of rotatable bonds is 4. The quantitative estimate of drug-likeness (QED) is 0.927. The zero-order valence-corrected chi connectivity index (χ0v) is 12.4. The predicted molar refractivity (Wildman–Crippen MR) is 80.6 cm³/mol. The van der Waals surface area contributed by atoms with Crippen LogP contribution in [0.4, 0.5) is 9.18 Å². The Morgan fingerprint density at radius 1 is 1.45 bits per heavy atom. The first-order valence-corrected chi connectivity index (χ1v) is 7.13. The molecule has 1 saturated heterocycles. The van der Waals surface area contributed by atoms with Crippen molar-refractivity contribution in [2.45, 2.75) is 18.9 Å². The van der Waals surface area contributed by atoms with Crippen LogP contribution in [0.2, 0.25) is 0 Å². The van der Waals surface area contributed by atoms with Gasteiger partial charge in [0.25, 0.3) is 0 Å². The molecule has 2 rings (SSSR count). The maximum absolute atomic E-state index is 13.4. The van der Waals surface area contributed by atoms with Gasteiger partial charge in [0.1, 0.15) is 5.82 Å². The van der Waals surface area contributed by atoms with Crippen molar-refractivity contribution in [3.8, 4) is 0 Å². The summed E-state index contributed by atoms with van der Waals surface area (Å²) in [7, 11) is 1.34. The second kappa shape index (κ2) is 7.59. The van der Waals surface area contributed by atoms with Gasteiger partial charge in [-0.1, -0.05) is 30.4 Å². The van der Waals surface area contributed by atoms with Crippen LogP contribution < -0.4 is 5.32 Å². The van der Waals surface area contributed by atoms with Gasteiger partial charge in [0.15, 0.2) is 0 Å². The number of halogens is 1. The first-order chi connectivity index (χ1) is 10.6. The largest absolute Gasteiger partial charge is 0.453 e. The van der Waals surface area contributed by atoms with Crippen LogP contribution in [0.15, 0.2) is 30.3 Å². The van der Waals surface area contributed by atoms with Crippen LogP contribution in [-0.4, -0.2) is 43.1 Å². The highest BCUT2D eigenvalue weighted by molar-refractivity contribution is 5.79. The third-order valence-electron chi connectivity index (χ3n) is 3.49. The van der Waals surface area contributed by atoms with E-state index in [1.165, 1.54) is 13.2 Å². The Bertz CT molecular complexity index is 574. The van der Waals surface area contributed by atoms with E-state index in [0.29, 0.717) is 25.1 Å². The molecule has 0 spiro atoms. The molecule has 1 heterocycles. The summed E-state index contributed by atoms with van der Waals surface area (Å²) in [5.74, 6) is -0.465. The normalized spacial score (nSPS) is 17.7. The maximum Gasteiger partial charge on any atom is 0.409 e. The number of benzene rings is 1. The molecule has 0 saturated carbocycles. The lowest BCUT2D eigenvalue weighted by atomic mass is 10.2. The lowest BCUT2D eigenvalue weighted by molar-refractivity contribution is -0.120. The Kier molecular flexibility index (Phi) is 5.52. The molecule has 1 fully saturated rings. The van der Waals surface area contributed by atoms with Crippen LogP contribution in [0, 0.1) is 5.82 Å². The fourth-order valence-corrected chi connectivity index (χ4v) is 2.36. The van der Waals surface area contributed by atoms with Crippen molar-refractivity contribution in [1.82, 2.24) is 10.2 Å². The summed E-state index contributed by atoms with van der Waals surface area (Å²) < 4.78 is 18.0. The lowest BCUT2D eigenvalue weighted by Gasteiger charge is -2.15. The molecule has 22 heavy (non-hydrogen) atoms. The van der Waals surface area contributed by atoms with Gasteiger partial charge in [-0.2, -0.15) is 0 Å². The number of ether oxygens (including phenoxy) is 1. The number of hydrogen-bond acceptors (Lipinski definition) is 3. The summed E-state index contributed by atoms with van der Waals surface area (Å²) in [4.78, 5) is 24.7. The first kappa shape index (κ1) is 16.0. The van der Waals surface area contributed by atoms with Crippen molar-refractivity contribution in [2.24, 2.45) is 0 Å². The number of likely N-dealkylation sites (tertiary alicyclic amines) is 1. The predicted octanol–water partition coefficient (Wildman–Crippen LogP) is 2.19. The standard InChI is InChI=1S/C16H19FN2O3/c1-22-16(21)19-10-9-13(11-19)18-15(20)8-4-6-12-5-2-3-7-14(12)17/h2-7,13H,8-11H2,1H3,(H,18,20). The summed E-state index contributed by atoms with van der Waals surface area (Å²) in [6, 6.07) is 6.32. The van der Waals surface area contributed by atoms with E-state index in [2.05, 4.69) is 10.1 Å². The highest BCUT2D eigenvalue weighted by Gasteiger charge is 2.27. The minimum atomic E-state index is -0.379. The van der Waals surface area contributed by atoms with Gasteiger partial charge in [-0.3, -0.25) is 4.79 Å². The van der Waals surface area contributed by atoms with Crippen LogP contribution in [-0.2, 0) is 9.53 Å². The van der Waals surface area contributed by atoms with Gasteiger partial charge < -0.3 is 15.0 Å². The smallest absolute Gasteiger partial charge is 0.409 e. The zero-order valence-electron chi connectivity index (χ0n) is 12.4. The monoisotopic (exact) mass is 306 g/mol. The van der Waals surface area contributed by atoms with Gasteiger partial charge in [-0.15, -0.1) is 0 Å². The fraction of sp³-hybridized carbons (Fsp3) is 0.375. The minimum absolute atomic E-state index is 0.0616. The average Bonchev–Trinajstić information content (AvgIpc) is 2.97. The Morgan fingerprint density at radius 2 is 2.23 bits per heavy atom. The molecule has 0 radical (unpaired) electrons. The molecule has 2 amide bonds. The van der Waals surface area contributed by atoms with Crippen molar-refractivity contribution < 1.29 is 18.7 Å². The lowest BCUT2D eigenvalue weighted by Crippen LogP contribution is -2.38. The number of nitrogens with one attached hydrogen (secondary N) is 1. The molecule has 118 valence electrons. The Labute approximate surface area is 128 Å². The summed E-state index contributed by atoms with van der Waals surface area (Å²) in [6.07, 6.45) is 3.71. The van der Waals surface area contributed by atoms with Gasteiger partial charge >= 0.3 is 6.09 Å². The molecule has 1 N–H and O–H groups in total. The van der Waals surface area contributed by atoms with E-state index < -0.39 is 0 Å². The van der Waals surface area contributed by atoms with Gasteiger partial charge in [0.2, 0.25) is 5.91 Å². The average molecular weight is 306 g/mol. The molecule has 5 nitrogen and oxygen atoms in total. The molecule has 6 heteroatoms. The Hall–Kier alpha value is -2.37. The summed E-state index contributed by atoms with van der Waals surface area (Å²) in [5.41, 5.74) is 0.452. The minimum Gasteiger partial charge on any atom is -0.453 e. The van der Waals surface area contributed by atoms with E-state index >= 15 is 0 Å². The second-order valence-corrected chi connectivity index (χ2v) is 5.10. The molecular weight excluding hydrogens is 287 g/mol. The van der Waals surface area contributed by atoms with Crippen molar-refractivity contribution in [1.29, 1.82) is 0 Å². The van der Waals surface area contributed by atoms with E-state index in [9.17, 15) is 14.0 Å². The van der Waals surface area contributed by atoms with Crippen LogP contribution in [0.25, 0.3) is 6.08 Å². The highest BCUT2D eigenvalue weighted by atomic mass is 19.1. The van der Waals surface area contributed by atoms with Crippen molar-refractivity contribution >= 4 is 18.1 Å². The topological polar surface area (TPSA) is 58.6 Å². The summed E-state index contributed by atoms with van der Waals surface area (Å²) >= 11 is 0. The van der Waals surface area contributed by atoms with E-state index in [4.69, 9.17) is 0 Å². The third-order valence-corrected chi connectivity index (χ3v) is 3.49. The van der Waals surface area contributed by atoms with Crippen LogP contribution in [0.5, 0.6) is 0 Å². The molecule has 1 atom stereocenters. The number of nitrogens with zero attached hydrogens (tertiary/aromatic N) is 1. The molecule has 0 aliphatic carbocycles. The molecule has 1 aromatic rings. The van der Waals surface area contributed by atoms with E-state index in [1.807, 2.05) is 0 Å². The van der Waals surface area contributed by atoms with Crippen LogP contribution in [0.3, 0.4) is 0 Å². The molecule has 0 bridgehead atoms. The SMILES string of the molecule is COC(=O)N1CCC(NC(=O)CC=Cc2ccccc2F)C1. The fourth-order valence-electron chi connectivity index (χ4n) is 2.36. The zero-order chi connectivity index (χ0) is 15.9. The molecule has 1 aliphatic heterocycles. The molecular formula is C16H19FN2O3. The van der Waals surface area contributed by atoms with Gasteiger partial charge in [0, 0.05) is 31.1 Å². The summed E-state index contributed by atoms with van der Waals surface area (Å²) in [5, 5.41) is 2.86. The second-order valence-electron chi connectivity index (χ2n) is 5.10. The molecule has 1 aromatic carbocycles. The van der Waals surface area contributed by atoms with Crippen LogP contribution >= 0.6 is 0 Å². The van der Waals surface area contributed by atoms with Crippen molar-refractivity contribution in [2.75, 3.05) is 20.2 Å². The number of methoxy groups -OCH3 is 1. The summed E-state index contributed by atoms with van der Waals surface area (Å²) in [6.45, 7) is 1.03. The van der Waals surface area contributed by atoms with E-state index in [1.54, 1.807) is 35.3 Å². The van der Waals surface area contributed by atoms with Gasteiger partial charge in [0.05, 0.1) is 7.11 Å². The molecule has 0 aromatic heterocycles. The Morgan fingerprint density at radius 3 is 2.95 bits per heavy atom. The first-order valence-electron chi connectivity index (χ1n) is 7.13. The molecule has 1 unspecified atom stereocenters. The van der Waals surface area contributed by atoms with E-state index in [-0.39, 0.29) is 30.3 Å². The number of carbonyl (C=O) groups excluding carboxylic acids is 2. The highest BCUT2D eigenvalue weighted by Crippen LogP contribution is 2.11. The van der Waals surface area contributed by atoms with Crippen molar-refractivity contribution in [3.05, 3.63) is 41.7 Å². The maximum atomic E-state index is 13.4. The number of amides is 2. The van der Waals surface area contributed by atoms with E-state index in [0.717, 1.165) is 0 Å².